The maximum atomic E-state index is 12.7. The molecule has 0 fully saturated rings. The van der Waals surface area contributed by atoms with Gasteiger partial charge in [0.05, 0.1) is 18.2 Å². The molecule has 1 N–H and O–H groups in total. The van der Waals surface area contributed by atoms with E-state index in [4.69, 9.17) is 5.26 Å². The summed E-state index contributed by atoms with van der Waals surface area (Å²) in [4.78, 5) is 14.3. The van der Waals surface area contributed by atoms with Gasteiger partial charge in [0, 0.05) is 18.8 Å². The number of anilines is 2. The van der Waals surface area contributed by atoms with Crippen molar-refractivity contribution in [3.8, 4) is 6.07 Å². The number of halogens is 1. The van der Waals surface area contributed by atoms with Crippen molar-refractivity contribution in [1.29, 1.82) is 5.26 Å². The molecule has 0 saturated heterocycles. The highest BCUT2D eigenvalue weighted by Gasteiger charge is 2.16. The second-order valence-electron chi connectivity index (χ2n) is 6.53. The average molecular weight is 454 g/mol. The Hall–Kier alpha value is -1.82. The van der Waals surface area contributed by atoms with Gasteiger partial charge in [0.2, 0.25) is 11.0 Å². The molecule has 2 aromatic rings. The van der Waals surface area contributed by atoms with E-state index < -0.39 is 0 Å². The predicted octanol–water partition coefficient (Wildman–Crippen LogP) is 5.24. The van der Waals surface area contributed by atoms with Gasteiger partial charge in [-0.25, -0.2) is 0 Å². The molecule has 0 aliphatic heterocycles. The Kier molecular flexibility index (Phi) is 12.4. The topological polar surface area (TPSA) is 81.9 Å². The lowest BCUT2D eigenvalue weighted by Crippen LogP contribution is -2.33. The van der Waals surface area contributed by atoms with Crippen molar-refractivity contribution in [3.63, 3.8) is 0 Å². The second kappa shape index (κ2) is 14.2. The van der Waals surface area contributed by atoms with E-state index in [0.29, 0.717) is 13.0 Å². The van der Waals surface area contributed by atoms with Crippen molar-refractivity contribution in [3.05, 3.63) is 30.3 Å². The van der Waals surface area contributed by atoms with Gasteiger partial charge in [-0.1, -0.05) is 61.6 Å². The Balaban J connectivity index is 0.00000420. The summed E-state index contributed by atoms with van der Waals surface area (Å²) >= 11 is 2.86. The fourth-order valence-corrected chi connectivity index (χ4v) is 4.21. The number of hydrogen-bond donors (Lipinski definition) is 1. The van der Waals surface area contributed by atoms with Gasteiger partial charge >= 0.3 is 0 Å². The van der Waals surface area contributed by atoms with Gasteiger partial charge in [0.15, 0.2) is 4.34 Å². The van der Waals surface area contributed by atoms with Crippen molar-refractivity contribution < 1.29 is 4.79 Å². The number of nitrogens with one attached hydrogen (secondary N) is 1. The lowest BCUT2D eigenvalue weighted by molar-refractivity contribution is -0.116. The molecule has 0 bridgehead atoms. The Morgan fingerprint density at radius 3 is 2.79 bits per heavy atom. The third-order valence-corrected chi connectivity index (χ3v) is 6.39. The monoisotopic (exact) mass is 453 g/mol. The van der Waals surface area contributed by atoms with E-state index in [-0.39, 0.29) is 24.1 Å². The van der Waals surface area contributed by atoms with Crippen molar-refractivity contribution >= 4 is 52.2 Å². The van der Waals surface area contributed by atoms with Gasteiger partial charge in [-0.2, -0.15) is 5.26 Å². The molecule has 0 saturated carbocycles. The number of nitriles is 1. The highest BCUT2D eigenvalue weighted by atomic mass is 35.5. The number of nitrogens with zero attached hydrogens (tertiary/aromatic N) is 4. The largest absolute Gasteiger partial charge is 0.360 e. The van der Waals surface area contributed by atoms with E-state index >= 15 is 0 Å². The van der Waals surface area contributed by atoms with Crippen LogP contribution in [0.25, 0.3) is 0 Å². The summed E-state index contributed by atoms with van der Waals surface area (Å²) < 4.78 is 0.770. The predicted molar refractivity (Wildman–Crippen MR) is 124 cm³/mol. The lowest BCUT2D eigenvalue weighted by atomic mass is 10.0. The van der Waals surface area contributed by atoms with Crippen LogP contribution in [-0.4, -0.2) is 34.9 Å². The summed E-state index contributed by atoms with van der Waals surface area (Å²) in [7, 11) is 0. The van der Waals surface area contributed by atoms with Crippen molar-refractivity contribution in [2.75, 3.05) is 29.1 Å². The molecule has 6 nitrogen and oxygen atoms in total. The molecule has 1 aromatic heterocycles. The highest BCUT2D eigenvalue weighted by Crippen LogP contribution is 2.26. The number of carbonyl (C=O) groups excluding carboxylic acids is 1. The van der Waals surface area contributed by atoms with Crippen molar-refractivity contribution in [1.82, 2.24) is 10.2 Å². The summed E-state index contributed by atoms with van der Waals surface area (Å²) in [5, 5.41) is 21.3. The molecule has 1 aromatic carbocycles. The quantitative estimate of drug-likeness (QED) is 0.349. The van der Waals surface area contributed by atoms with E-state index in [0.717, 1.165) is 34.0 Å². The maximum Gasteiger partial charge on any atom is 0.237 e. The number of para-hydroxylation sites is 1. The Bertz CT molecular complexity index is 766. The molecular weight excluding hydrogens is 426 g/mol. The standard InChI is InChI=1S/C20H27N5OS2.ClH/c1-3-16(2)9-7-13-22-19-23-24-20(28-19)27-15-18(26)25(14-8-12-21)17-10-5-4-6-11-17;/h4-6,10-11,16H,3,7-9,13-15H2,1-2H3,(H,22,23);1H. The summed E-state index contributed by atoms with van der Waals surface area (Å²) in [6.45, 7) is 5.76. The van der Waals surface area contributed by atoms with Crippen LogP contribution in [0.3, 0.4) is 0 Å². The van der Waals surface area contributed by atoms with E-state index in [2.05, 4.69) is 35.4 Å². The van der Waals surface area contributed by atoms with Crippen LogP contribution in [0.15, 0.2) is 34.7 Å². The first-order chi connectivity index (χ1) is 13.6. The van der Waals surface area contributed by atoms with Gasteiger partial charge < -0.3 is 10.2 Å². The van der Waals surface area contributed by atoms with Crippen LogP contribution in [0.5, 0.6) is 0 Å². The molecule has 0 aliphatic carbocycles. The molecule has 158 valence electrons. The molecule has 1 atom stereocenters. The number of carbonyl (C=O) groups is 1. The Morgan fingerprint density at radius 2 is 2.10 bits per heavy atom. The van der Waals surface area contributed by atoms with Crippen LogP contribution < -0.4 is 10.2 Å². The van der Waals surface area contributed by atoms with Gasteiger partial charge in [-0.15, -0.1) is 22.6 Å². The number of thioether (sulfide) groups is 1. The smallest absolute Gasteiger partial charge is 0.237 e. The lowest BCUT2D eigenvalue weighted by Gasteiger charge is -2.21. The number of hydrogen-bond acceptors (Lipinski definition) is 7. The summed E-state index contributed by atoms with van der Waals surface area (Å²) in [6, 6.07) is 11.6. The third-order valence-electron chi connectivity index (χ3n) is 4.39. The van der Waals surface area contributed by atoms with Gasteiger partial charge in [0.25, 0.3) is 0 Å². The zero-order valence-corrected chi connectivity index (χ0v) is 19.3. The van der Waals surface area contributed by atoms with E-state index in [9.17, 15) is 4.79 Å². The zero-order valence-electron chi connectivity index (χ0n) is 16.8. The zero-order chi connectivity index (χ0) is 20.2. The van der Waals surface area contributed by atoms with Crippen molar-refractivity contribution in [2.45, 2.75) is 43.9 Å². The fourth-order valence-electron chi connectivity index (χ4n) is 2.56. The fraction of sp³-hybridized carbons (Fsp3) is 0.500. The number of benzene rings is 1. The van der Waals surface area contributed by atoms with E-state index in [1.165, 1.54) is 35.9 Å². The normalized spacial score (nSPS) is 11.2. The molecule has 2 rings (SSSR count). The first-order valence-corrected chi connectivity index (χ1v) is 11.4. The SMILES string of the molecule is CCC(C)CCCNc1nnc(SCC(=O)N(CCC#N)c2ccccc2)s1.Cl. The minimum atomic E-state index is -0.0373. The molecule has 9 heteroatoms. The molecule has 1 unspecified atom stereocenters. The number of aromatic nitrogens is 2. The molecule has 1 heterocycles. The maximum absolute atomic E-state index is 12.7. The van der Waals surface area contributed by atoms with E-state index in [1.807, 2.05) is 30.3 Å². The number of rotatable bonds is 12. The van der Waals surface area contributed by atoms with Crippen LogP contribution in [0, 0.1) is 17.2 Å². The highest BCUT2D eigenvalue weighted by molar-refractivity contribution is 8.01. The minimum absolute atomic E-state index is 0. The minimum Gasteiger partial charge on any atom is -0.360 e. The Morgan fingerprint density at radius 1 is 1.34 bits per heavy atom. The molecule has 0 aliphatic rings. The molecule has 1 amide bonds. The molecule has 0 radical (unpaired) electrons. The van der Waals surface area contributed by atoms with Crippen LogP contribution >= 0.6 is 35.5 Å². The Labute approximate surface area is 187 Å². The van der Waals surface area contributed by atoms with Gasteiger partial charge in [-0.05, 0) is 30.9 Å². The van der Waals surface area contributed by atoms with Crippen LogP contribution in [0.2, 0.25) is 0 Å². The summed E-state index contributed by atoms with van der Waals surface area (Å²) in [5.41, 5.74) is 0.810. The van der Waals surface area contributed by atoms with Gasteiger partial charge in [-0.3, -0.25) is 4.79 Å². The molecular formula is C20H28ClN5OS2. The summed E-state index contributed by atoms with van der Waals surface area (Å²) in [6.07, 6.45) is 3.83. The van der Waals surface area contributed by atoms with Crippen LogP contribution in [0.1, 0.15) is 39.5 Å². The van der Waals surface area contributed by atoms with Crippen molar-refractivity contribution in [2.24, 2.45) is 5.92 Å². The molecule has 0 spiro atoms. The van der Waals surface area contributed by atoms with E-state index in [1.54, 1.807) is 4.90 Å². The third kappa shape index (κ3) is 9.03. The molecule has 29 heavy (non-hydrogen) atoms. The average Bonchev–Trinajstić information content (AvgIpc) is 3.18. The first-order valence-electron chi connectivity index (χ1n) is 9.56. The van der Waals surface area contributed by atoms with Crippen LogP contribution in [0.4, 0.5) is 10.8 Å². The van der Waals surface area contributed by atoms with Gasteiger partial charge in [0.1, 0.15) is 0 Å². The van der Waals surface area contributed by atoms with Crippen LogP contribution in [-0.2, 0) is 4.79 Å². The number of amides is 1. The second-order valence-corrected chi connectivity index (χ2v) is 8.73. The summed E-state index contributed by atoms with van der Waals surface area (Å²) in [5.74, 6) is 0.981. The first kappa shape index (κ1) is 25.2.